The molecule has 0 radical (unpaired) electrons. The van der Waals surface area contributed by atoms with Crippen molar-refractivity contribution < 1.29 is 4.79 Å². The minimum atomic E-state index is -0.0508. The van der Waals surface area contributed by atoms with Gasteiger partial charge in [-0.3, -0.25) is 14.8 Å². The zero-order chi connectivity index (χ0) is 19.8. The predicted octanol–water partition coefficient (Wildman–Crippen LogP) is 2.35. The van der Waals surface area contributed by atoms with Crippen LogP contribution in [0.15, 0.2) is 48.7 Å². The fourth-order valence-corrected chi connectivity index (χ4v) is 3.38. The van der Waals surface area contributed by atoms with Gasteiger partial charge in [0.2, 0.25) is 0 Å². The van der Waals surface area contributed by atoms with Crippen molar-refractivity contribution in [2.45, 2.75) is 20.0 Å². The molecule has 0 bridgehead atoms. The van der Waals surface area contributed by atoms with E-state index in [1.165, 1.54) is 5.56 Å². The van der Waals surface area contributed by atoms with Crippen LogP contribution in [0.2, 0.25) is 0 Å². The van der Waals surface area contributed by atoms with Crippen LogP contribution in [0, 0.1) is 6.92 Å². The van der Waals surface area contributed by atoms with E-state index in [0.717, 1.165) is 50.5 Å². The topological polar surface area (TPSA) is 51.7 Å². The third-order valence-electron chi connectivity index (χ3n) is 5.14. The highest BCUT2D eigenvalue weighted by atomic mass is 16.2. The molecule has 0 spiro atoms. The lowest BCUT2D eigenvalue weighted by Gasteiger charge is -2.34. The van der Waals surface area contributed by atoms with Crippen molar-refractivity contribution >= 4 is 6.03 Å². The van der Waals surface area contributed by atoms with Crippen LogP contribution in [0.3, 0.4) is 0 Å². The van der Waals surface area contributed by atoms with Gasteiger partial charge in [0.1, 0.15) is 0 Å². The fraction of sp³-hybridized carbons (Fsp3) is 0.455. The number of benzene rings is 1. The normalized spacial score (nSPS) is 15.4. The number of aryl methyl sites for hydroxylation is 1. The molecule has 0 saturated carbocycles. The molecule has 3 rings (SSSR count). The van der Waals surface area contributed by atoms with Crippen LogP contribution in [0.4, 0.5) is 4.79 Å². The van der Waals surface area contributed by atoms with Crippen LogP contribution in [0.5, 0.6) is 0 Å². The Morgan fingerprint density at radius 1 is 1.07 bits per heavy atom. The molecular formula is C22H31N5O. The first-order valence-corrected chi connectivity index (χ1v) is 9.99. The average Bonchev–Trinajstić information content (AvgIpc) is 2.71. The van der Waals surface area contributed by atoms with E-state index in [4.69, 9.17) is 0 Å². The van der Waals surface area contributed by atoms with Crippen LogP contribution in [0.25, 0.3) is 0 Å². The van der Waals surface area contributed by atoms with Gasteiger partial charge in [-0.2, -0.15) is 0 Å². The van der Waals surface area contributed by atoms with Crippen LogP contribution in [-0.4, -0.2) is 72.0 Å². The Morgan fingerprint density at radius 2 is 1.79 bits per heavy atom. The van der Waals surface area contributed by atoms with E-state index in [9.17, 15) is 4.79 Å². The summed E-state index contributed by atoms with van der Waals surface area (Å²) in [6.07, 6.45) is 1.83. The number of carbonyl (C=O) groups excluding carboxylic acids is 1. The largest absolute Gasteiger partial charge is 0.337 e. The minimum absolute atomic E-state index is 0.0508. The molecule has 150 valence electrons. The summed E-state index contributed by atoms with van der Waals surface area (Å²) >= 11 is 0. The molecule has 2 aromatic rings. The van der Waals surface area contributed by atoms with Gasteiger partial charge in [-0.05, 0) is 24.1 Å². The zero-order valence-electron chi connectivity index (χ0n) is 17.0. The Labute approximate surface area is 168 Å². The van der Waals surface area contributed by atoms with Crippen molar-refractivity contribution in [3.8, 4) is 0 Å². The number of pyridine rings is 1. The quantitative estimate of drug-likeness (QED) is 0.800. The molecular weight excluding hydrogens is 350 g/mol. The van der Waals surface area contributed by atoms with E-state index in [0.29, 0.717) is 13.1 Å². The lowest BCUT2D eigenvalue weighted by Crippen LogP contribution is -2.48. The molecule has 1 aliphatic rings. The van der Waals surface area contributed by atoms with E-state index in [1.54, 1.807) is 11.9 Å². The number of rotatable bonds is 7. The second-order valence-corrected chi connectivity index (χ2v) is 7.52. The number of hydrogen-bond donors (Lipinski definition) is 1. The standard InChI is InChI=1S/C22H31N5O/c1-19-8-9-21(24-16-19)18-25(2)22(28)23-10-11-26-12-14-27(15-13-26)17-20-6-4-3-5-7-20/h3-9,16H,10-15,17-18H2,1-2H3,(H,23,28). The Balaban J connectivity index is 1.32. The molecule has 2 amide bonds. The number of hydrogen-bond acceptors (Lipinski definition) is 4. The van der Waals surface area contributed by atoms with Gasteiger partial charge in [-0.15, -0.1) is 0 Å². The molecule has 1 aromatic heterocycles. The first-order valence-electron chi connectivity index (χ1n) is 9.99. The van der Waals surface area contributed by atoms with E-state index in [2.05, 4.69) is 50.4 Å². The van der Waals surface area contributed by atoms with Crippen LogP contribution in [0.1, 0.15) is 16.8 Å². The molecule has 1 fully saturated rings. The predicted molar refractivity (Wildman–Crippen MR) is 112 cm³/mol. The summed E-state index contributed by atoms with van der Waals surface area (Å²) in [5.41, 5.74) is 3.40. The monoisotopic (exact) mass is 381 g/mol. The maximum Gasteiger partial charge on any atom is 0.317 e. The summed E-state index contributed by atoms with van der Waals surface area (Å²) in [6.45, 7) is 9.34. The summed E-state index contributed by atoms with van der Waals surface area (Å²) in [7, 11) is 1.80. The Kier molecular flexibility index (Phi) is 7.39. The maximum absolute atomic E-state index is 12.3. The molecule has 0 atom stereocenters. The van der Waals surface area contributed by atoms with Gasteiger partial charge in [0.15, 0.2) is 0 Å². The van der Waals surface area contributed by atoms with Gasteiger partial charge < -0.3 is 10.2 Å². The van der Waals surface area contributed by atoms with Crippen LogP contribution in [-0.2, 0) is 13.1 Å². The number of piperazine rings is 1. The third-order valence-corrected chi connectivity index (χ3v) is 5.14. The molecule has 1 saturated heterocycles. The van der Waals surface area contributed by atoms with Crippen molar-refractivity contribution in [1.82, 2.24) is 25.0 Å². The van der Waals surface area contributed by atoms with Crippen molar-refractivity contribution in [3.05, 3.63) is 65.5 Å². The Morgan fingerprint density at radius 3 is 2.46 bits per heavy atom. The highest BCUT2D eigenvalue weighted by Gasteiger charge is 2.17. The highest BCUT2D eigenvalue weighted by molar-refractivity contribution is 5.73. The first kappa shape index (κ1) is 20.3. The summed E-state index contributed by atoms with van der Waals surface area (Å²) in [5.74, 6) is 0. The molecule has 6 nitrogen and oxygen atoms in total. The first-order chi connectivity index (χ1) is 13.6. The lowest BCUT2D eigenvalue weighted by atomic mass is 10.2. The fourth-order valence-electron chi connectivity index (χ4n) is 3.38. The number of nitrogens with one attached hydrogen (secondary N) is 1. The molecule has 6 heteroatoms. The van der Waals surface area contributed by atoms with Crippen molar-refractivity contribution in [3.63, 3.8) is 0 Å². The summed E-state index contributed by atoms with van der Waals surface area (Å²) in [4.78, 5) is 23.2. The molecule has 1 N–H and O–H groups in total. The number of aromatic nitrogens is 1. The summed E-state index contributed by atoms with van der Waals surface area (Å²) < 4.78 is 0. The highest BCUT2D eigenvalue weighted by Crippen LogP contribution is 2.08. The second-order valence-electron chi connectivity index (χ2n) is 7.52. The molecule has 1 aliphatic heterocycles. The van der Waals surface area contributed by atoms with Gasteiger partial charge in [-0.1, -0.05) is 36.4 Å². The maximum atomic E-state index is 12.3. The van der Waals surface area contributed by atoms with E-state index in [1.807, 2.05) is 25.3 Å². The zero-order valence-corrected chi connectivity index (χ0v) is 17.0. The van der Waals surface area contributed by atoms with Gasteiger partial charge >= 0.3 is 6.03 Å². The van der Waals surface area contributed by atoms with E-state index in [-0.39, 0.29) is 6.03 Å². The van der Waals surface area contributed by atoms with Crippen LogP contribution < -0.4 is 5.32 Å². The minimum Gasteiger partial charge on any atom is -0.337 e. The molecule has 0 unspecified atom stereocenters. The second kappa shape index (κ2) is 10.2. The van der Waals surface area contributed by atoms with Gasteiger partial charge in [0, 0.05) is 59.1 Å². The van der Waals surface area contributed by atoms with Gasteiger partial charge in [0.05, 0.1) is 12.2 Å². The Hall–Kier alpha value is -2.44. The SMILES string of the molecule is Cc1ccc(CN(C)C(=O)NCCN2CCN(Cc3ccccc3)CC2)nc1. The number of urea groups is 1. The van der Waals surface area contributed by atoms with E-state index < -0.39 is 0 Å². The smallest absolute Gasteiger partial charge is 0.317 e. The summed E-state index contributed by atoms with van der Waals surface area (Å²) in [6, 6.07) is 14.6. The van der Waals surface area contributed by atoms with E-state index >= 15 is 0 Å². The molecule has 28 heavy (non-hydrogen) atoms. The van der Waals surface area contributed by atoms with Crippen molar-refractivity contribution in [2.75, 3.05) is 46.3 Å². The number of amides is 2. The molecule has 2 heterocycles. The lowest BCUT2D eigenvalue weighted by molar-refractivity contribution is 0.127. The summed E-state index contributed by atoms with van der Waals surface area (Å²) in [5, 5.41) is 3.02. The molecule has 0 aliphatic carbocycles. The number of nitrogens with zero attached hydrogens (tertiary/aromatic N) is 4. The van der Waals surface area contributed by atoms with Crippen molar-refractivity contribution in [1.29, 1.82) is 0 Å². The van der Waals surface area contributed by atoms with Crippen molar-refractivity contribution in [2.24, 2.45) is 0 Å². The van der Waals surface area contributed by atoms with Crippen LogP contribution >= 0.6 is 0 Å². The third kappa shape index (κ3) is 6.32. The number of carbonyl (C=O) groups is 1. The molecule has 1 aromatic carbocycles. The van der Waals surface area contributed by atoms with Gasteiger partial charge in [-0.25, -0.2) is 4.79 Å². The average molecular weight is 382 g/mol. The van der Waals surface area contributed by atoms with Gasteiger partial charge in [0.25, 0.3) is 0 Å². The Bertz CT molecular complexity index is 726.